The van der Waals surface area contributed by atoms with Gasteiger partial charge in [0.1, 0.15) is 0 Å². The third kappa shape index (κ3) is 3.48. The SMILES string of the molecule is CC(C)C(C)C(F)(F)CN(C)C. The first kappa shape index (κ1) is 11.8. The van der Waals surface area contributed by atoms with Gasteiger partial charge in [-0.25, -0.2) is 8.78 Å². The van der Waals surface area contributed by atoms with Gasteiger partial charge in [-0.15, -0.1) is 0 Å². The summed E-state index contributed by atoms with van der Waals surface area (Å²) in [6, 6.07) is 0. The monoisotopic (exact) mass is 179 g/mol. The molecule has 0 N–H and O–H groups in total. The van der Waals surface area contributed by atoms with E-state index in [1.54, 1.807) is 21.0 Å². The Kier molecular flexibility index (Phi) is 4.11. The summed E-state index contributed by atoms with van der Waals surface area (Å²) in [6.07, 6.45) is 0. The van der Waals surface area contributed by atoms with E-state index in [4.69, 9.17) is 0 Å². The fourth-order valence-electron chi connectivity index (χ4n) is 1.05. The quantitative estimate of drug-likeness (QED) is 0.641. The molecular weight excluding hydrogens is 160 g/mol. The molecule has 1 nitrogen and oxygen atoms in total. The minimum absolute atomic E-state index is 0.0277. The topological polar surface area (TPSA) is 3.24 Å². The Labute approximate surface area is 73.7 Å². The van der Waals surface area contributed by atoms with E-state index in [1.807, 2.05) is 13.8 Å². The molecule has 12 heavy (non-hydrogen) atoms. The van der Waals surface area contributed by atoms with Crippen LogP contribution in [0.15, 0.2) is 0 Å². The lowest BCUT2D eigenvalue weighted by Crippen LogP contribution is -2.39. The van der Waals surface area contributed by atoms with Gasteiger partial charge in [-0.3, -0.25) is 0 Å². The van der Waals surface area contributed by atoms with E-state index < -0.39 is 11.8 Å². The number of hydrogen-bond acceptors (Lipinski definition) is 1. The standard InChI is InChI=1S/C9H19F2N/c1-7(2)8(3)9(10,11)6-12(4)5/h7-8H,6H2,1-5H3. The van der Waals surface area contributed by atoms with Crippen molar-refractivity contribution < 1.29 is 8.78 Å². The molecule has 1 unspecified atom stereocenters. The third-order valence-electron chi connectivity index (χ3n) is 2.19. The van der Waals surface area contributed by atoms with Crippen LogP contribution in [0.25, 0.3) is 0 Å². The van der Waals surface area contributed by atoms with E-state index in [2.05, 4.69) is 0 Å². The fraction of sp³-hybridized carbons (Fsp3) is 1.00. The largest absolute Gasteiger partial charge is 0.304 e. The highest BCUT2D eigenvalue weighted by molar-refractivity contribution is 4.78. The lowest BCUT2D eigenvalue weighted by Gasteiger charge is -2.28. The first-order valence-corrected chi connectivity index (χ1v) is 4.30. The van der Waals surface area contributed by atoms with Crippen LogP contribution in [0.2, 0.25) is 0 Å². The van der Waals surface area contributed by atoms with E-state index in [0.717, 1.165) is 0 Å². The molecule has 0 aliphatic rings. The third-order valence-corrected chi connectivity index (χ3v) is 2.19. The Morgan fingerprint density at radius 1 is 1.17 bits per heavy atom. The summed E-state index contributed by atoms with van der Waals surface area (Å²) in [5, 5.41) is 0. The van der Waals surface area contributed by atoms with E-state index >= 15 is 0 Å². The molecule has 0 saturated carbocycles. The normalized spacial score (nSPS) is 15.8. The maximum atomic E-state index is 13.3. The van der Waals surface area contributed by atoms with E-state index in [-0.39, 0.29) is 12.5 Å². The van der Waals surface area contributed by atoms with Crippen molar-refractivity contribution >= 4 is 0 Å². The van der Waals surface area contributed by atoms with Crippen molar-refractivity contribution in [3.8, 4) is 0 Å². The highest BCUT2D eigenvalue weighted by Gasteiger charge is 2.38. The highest BCUT2D eigenvalue weighted by Crippen LogP contribution is 2.30. The maximum absolute atomic E-state index is 13.3. The van der Waals surface area contributed by atoms with E-state index in [0.29, 0.717) is 0 Å². The molecule has 0 radical (unpaired) electrons. The Balaban J connectivity index is 4.18. The Morgan fingerprint density at radius 2 is 1.58 bits per heavy atom. The molecule has 0 saturated heterocycles. The first-order valence-electron chi connectivity index (χ1n) is 4.30. The fourth-order valence-corrected chi connectivity index (χ4v) is 1.05. The number of halogens is 2. The molecule has 0 spiro atoms. The zero-order valence-corrected chi connectivity index (χ0v) is 8.56. The number of nitrogens with zero attached hydrogens (tertiary/aromatic N) is 1. The van der Waals surface area contributed by atoms with Crippen LogP contribution in [0.5, 0.6) is 0 Å². The van der Waals surface area contributed by atoms with Gasteiger partial charge in [0.25, 0.3) is 5.92 Å². The Bertz CT molecular complexity index is 132. The molecule has 0 aromatic heterocycles. The van der Waals surface area contributed by atoms with Crippen molar-refractivity contribution in [3.05, 3.63) is 0 Å². The summed E-state index contributed by atoms with van der Waals surface area (Å²) in [5.74, 6) is -3.10. The molecule has 0 amide bonds. The molecule has 3 heteroatoms. The van der Waals surface area contributed by atoms with Crippen LogP contribution in [0, 0.1) is 11.8 Å². The van der Waals surface area contributed by atoms with E-state index in [1.165, 1.54) is 4.90 Å². The summed E-state index contributed by atoms with van der Waals surface area (Å²) >= 11 is 0. The Hall–Kier alpha value is -0.180. The minimum Gasteiger partial charge on any atom is -0.304 e. The minimum atomic E-state index is -2.57. The second-order valence-corrected chi connectivity index (χ2v) is 4.03. The van der Waals surface area contributed by atoms with Crippen molar-refractivity contribution in [3.63, 3.8) is 0 Å². The molecule has 0 rings (SSSR count). The highest BCUT2D eigenvalue weighted by atomic mass is 19.3. The van der Waals surface area contributed by atoms with Crippen LogP contribution in [0.3, 0.4) is 0 Å². The molecule has 0 bridgehead atoms. The summed E-state index contributed by atoms with van der Waals surface area (Å²) in [5.41, 5.74) is 0. The van der Waals surface area contributed by atoms with Crippen LogP contribution in [0.1, 0.15) is 20.8 Å². The first-order chi connectivity index (χ1) is 5.27. The lowest BCUT2D eigenvalue weighted by atomic mass is 9.91. The second-order valence-electron chi connectivity index (χ2n) is 4.03. The molecule has 0 aliphatic heterocycles. The summed E-state index contributed by atoms with van der Waals surface area (Å²) < 4.78 is 26.6. The number of alkyl halides is 2. The maximum Gasteiger partial charge on any atom is 0.263 e. The molecule has 74 valence electrons. The van der Waals surface area contributed by atoms with Crippen LogP contribution in [-0.2, 0) is 0 Å². The molecule has 0 fully saturated rings. The van der Waals surface area contributed by atoms with Gasteiger partial charge in [0.15, 0.2) is 0 Å². The molecular formula is C9H19F2N. The number of hydrogen-bond donors (Lipinski definition) is 0. The Morgan fingerprint density at radius 3 is 1.83 bits per heavy atom. The van der Waals surface area contributed by atoms with Crippen molar-refractivity contribution in [1.82, 2.24) is 4.90 Å². The molecule has 0 aromatic rings. The smallest absolute Gasteiger partial charge is 0.263 e. The molecule has 1 atom stereocenters. The van der Waals surface area contributed by atoms with Crippen molar-refractivity contribution in [2.24, 2.45) is 11.8 Å². The average Bonchev–Trinajstić information content (AvgIpc) is 1.82. The van der Waals surface area contributed by atoms with Gasteiger partial charge in [0.2, 0.25) is 0 Å². The van der Waals surface area contributed by atoms with Gasteiger partial charge in [-0.1, -0.05) is 20.8 Å². The van der Waals surface area contributed by atoms with Gasteiger partial charge in [-0.2, -0.15) is 0 Å². The summed E-state index contributed by atoms with van der Waals surface area (Å²) in [4.78, 5) is 1.53. The summed E-state index contributed by atoms with van der Waals surface area (Å²) in [6.45, 7) is 5.10. The molecule has 0 heterocycles. The molecule has 0 aliphatic carbocycles. The molecule has 0 aromatic carbocycles. The van der Waals surface area contributed by atoms with Gasteiger partial charge >= 0.3 is 0 Å². The van der Waals surface area contributed by atoms with Crippen molar-refractivity contribution in [1.29, 1.82) is 0 Å². The van der Waals surface area contributed by atoms with Crippen molar-refractivity contribution in [2.75, 3.05) is 20.6 Å². The second kappa shape index (κ2) is 4.17. The van der Waals surface area contributed by atoms with E-state index in [9.17, 15) is 8.78 Å². The van der Waals surface area contributed by atoms with Gasteiger partial charge in [0.05, 0.1) is 6.54 Å². The predicted molar refractivity (Wildman–Crippen MR) is 47.5 cm³/mol. The van der Waals surface area contributed by atoms with Gasteiger partial charge in [0, 0.05) is 5.92 Å². The zero-order valence-electron chi connectivity index (χ0n) is 8.56. The number of rotatable bonds is 4. The van der Waals surface area contributed by atoms with Crippen LogP contribution >= 0.6 is 0 Å². The van der Waals surface area contributed by atoms with Crippen molar-refractivity contribution in [2.45, 2.75) is 26.7 Å². The average molecular weight is 179 g/mol. The predicted octanol–water partition coefficient (Wildman–Crippen LogP) is 2.48. The summed E-state index contributed by atoms with van der Waals surface area (Å²) in [7, 11) is 3.34. The zero-order chi connectivity index (χ0) is 9.94. The van der Waals surface area contributed by atoms with Gasteiger partial charge < -0.3 is 4.90 Å². The lowest BCUT2D eigenvalue weighted by molar-refractivity contribution is -0.0827. The van der Waals surface area contributed by atoms with Crippen LogP contribution in [-0.4, -0.2) is 31.5 Å². The van der Waals surface area contributed by atoms with Crippen LogP contribution < -0.4 is 0 Å². The van der Waals surface area contributed by atoms with Gasteiger partial charge in [-0.05, 0) is 20.0 Å². The van der Waals surface area contributed by atoms with Crippen LogP contribution in [0.4, 0.5) is 8.78 Å².